The van der Waals surface area contributed by atoms with E-state index in [1.54, 1.807) is 0 Å². The number of hydrogen-bond donors (Lipinski definition) is 5. The van der Waals surface area contributed by atoms with Gasteiger partial charge < -0.3 is 25.5 Å². The molecule has 1 rings (SSSR count). The zero-order valence-corrected chi connectivity index (χ0v) is 6.38. The molecule has 6 nitrogen and oxygen atoms in total. The van der Waals surface area contributed by atoms with Crippen molar-refractivity contribution < 1.29 is 30.3 Å². The van der Waals surface area contributed by atoms with Gasteiger partial charge in [-0.2, -0.15) is 0 Å². The molecule has 0 aromatic carbocycles. The molecule has 0 aromatic rings. The largest absolute Gasteiger partial charge is 0.478 e. The number of hydrogen-bond acceptors (Lipinski definition) is 5. The van der Waals surface area contributed by atoms with Gasteiger partial charge in [-0.25, -0.2) is 4.79 Å². The summed E-state index contributed by atoms with van der Waals surface area (Å²) in [4.78, 5) is 10.3. The van der Waals surface area contributed by atoms with E-state index < -0.39 is 23.1 Å². The predicted molar refractivity (Wildman–Crippen MR) is 39.2 cm³/mol. The molecule has 0 bridgehead atoms. The van der Waals surface area contributed by atoms with Gasteiger partial charge in [0.2, 0.25) is 11.6 Å². The van der Waals surface area contributed by atoms with E-state index in [4.69, 9.17) is 25.5 Å². The molecule has 6 heteroatoms. The van der Waals surface area contributed by atoms with Gasteiger partial charge in [-0.05, 0) is 18.2 Å². The minimum Gasteiger partial charge on any atom is -0.478 e. The van der Waals surface area contributed by atoms with Crippen molar-refractivity contribution in [3.8, 4) is 0 Å². The van der Waals surface area contributed by atoms with Gasteiger partial charge in [0.1, 0.15) is 0 Å². The van der Waals surface area contributed by atoms with Crippen molar-refractivity contribution in [2.45, 2.75) is 11.6 Å². The Kier molecular flexibility index (Phi) is 2.01. The van der Waals surface area contributed by atoms with Crippen LogP contribution in [0.2, 0.25) is 0 Å². The Hall–Kier alpha value is -1.21. The first-order chi connectivity index (χ1) is 5.76. The molecular formula is C7H8O6. The fourth-order valence-electron chi connectivity index (χ4n) is 0.833. The Morgan fingerprint density at radius 2 is 1.69 bits per heavy atom. The summed E-state index contributed by atoms with van der Waals surface area (Å²) >= 11 is 0. The number of aliphatic hydroxyl groups is 4. The molecule has 0 saturated carbocycles. The molecule has 0 saturated heterocycles. The molecule has 0 atom stereocenters. The molecule has 5 N–H and O–H groups in total. The molecule has 1 aliphatic rings. The minimum absolute atomic E-state index is 0.427. The van der Waals surface area contributed by atoms with E-state index in [-0.39, 0.29) is 0 Å². The Labute approximate surface area is 72.7 Å². The van der Waals surface area contributed by atoms with Crippen molar-refractivity contribution in [1.82, 2.24) is 0 Å². The van der Waals surface area contributed by atoms with Crippen LogP contribution in [0.4, 0.5) is 0 Å². The highest BCUT2D eigenvalue weighted by atomic mass is 16.6. The summed E-state index contributed by atoms with van der Waals surface area (Å²) < 4.78 is 0. The third-order valence-corrected chi connectivity index (χ3v) is 1.64. The van der Waals surface area contributed by atoms with Gasteiger partial charge in [0, 0.05) is 0 Å². The Balaban J connectivity index is 3.09. The Bertz CT molecular complexity index is 298. The summed E-state index contributed by atoms with van der Waals surface area (Å²) in [5.74, 6) is -7.25. The van der Waals surface area contributed by atoms with E-state index in [1.807, 2.05) is 0 Å². The lowest BCUT2D eigenvalue weighted by Crippen LogP contribution is -2.53. The third kappa shape index (κ3) is 1.61. The van der Waals surface area contributed by atoms with E-state index >= 15 is 0 Å². The smallest absolute Gasteiger partial charge is 0.335 e. The van der Waals surface area contributed by atoms with E-state index in [1.165, 1.54) is 0 Å². The second kappa shape index (κ2) is 2.64. The van der Waals surface area contributed by atoms with Gasteiger partial charge in [-0.15, -0.1) is 0 Å². The van der Waals surface area contributed by atoms with Gasteiger partial charge in [-0.3, -0.25) is 0 Å². The van der Waals surface area contributed by atoms with Crippen LogP contribution < -0.4 is 0 Å². The fourth-order valence-corrected chi connectivity index (χ4v) is 0.833. The molecule has 0 spiro atoms. The number of aliphatic carboxylic acids is 1. The quantitative estimate of drug-likeness (QED) is 0.302. The Morgan fingerprint density at radius 3 is 2.08 bits per heavy atom. The highest BCUT2D eigenvalue weighted by Gasteiger charge is 2.46. The van der Waals surface area contributed by atoms with Crippen LogP contribution in [0.5, 0.6) is 0 Å². The zero-order chi connectivity index (χ0) is 10.3. The predicted octanol–water partition coefficient (Wildman–Crippen LogP) is -2.07. The lowest BCUT2D eigenvalue weighted by atomic mass is 9.96. The summed E-state index contributed by atoms with van der Waals surface area (Å²) in [5, 5.41) is 44.3. The number of carboxylic acid groups (broad SMARTS) is 1. The number of rotatable bonds is 1. The van der Waals surface area contributed by atoms with E-state index in [9.17, 15) is 4.79 Å². The first kappa shape index (κ1) is 9.87. The highest BCUT2D eigenvalue weighted by Crippen LogP contribution is 2.26. The van der Waals surface area contributed by atoms with Crippen LogP contribution in [0.3, 0.4) is 0 Å². The second-order valence-corrected chi connectivity index (χ2v) is 2.69. The van der Waals surface area contributed by atoms with Crippen LogP contribution in [-0.2, 0) is 4.79 Å². The van der Waals surface area contributed by atoms with Crippen LogP contribution in [0, 0.1) is 0 Å². The van der Waals surface area contributed by atoms with Crippen LogP contribution in [-0.4, -0.2) is 43.1 Å². The van der Waals surface area contributed by atoms with Crippen molar-refractivity contribution in [2.24, 2.45) is 0 Å². The summed E-state index contributed by atoms with van der Waals surface area (Å²) in [6, 6.07) is 0. The summed E-state index contributed by atoms with van der Waals surface area (Å²) in [5.41, 5.74) is -0.427. The molecule has 0 radical (unpaired) electrons. The van der Waals surface area contributed by atoms with Gasteiger partial charge in [0.05, 0.1) is 5.57 Å². The summed E-state index contributed by atoms with van der Waals surface area (Å²) in [6.07, 6.45) is 1.89. The average Bonchev–Trinajstić information content (AvgIpc) is 1.94. The second-order valence-electron chi connectivity index (χ2n) is 2.69. The zero-order valence-electron chi connectivity index (χ0n) is 6.38. The van der Waals surface area contributed by atoms with Gasteiger partial charge in [0.25, 0.3) is 0 Å². The fraction of sp³-hybridized carbons (Fsp3) is 0.286. The van der Waals surface area contributed by atoms with Crippen molar-refractivity contribution in [1.29, 1.82) is 0 Å². The first-order valence-corrected chi connectivity index (χ1v) is 3.31. The number of carboxylic acids is 1. The summed E-state index contributed by atoms with van der Waals surface area (Å²) in [6.45, 7) is 0. The topological polar surface area (TPSA) is 118 Å². The molecule has 0 aliphatic heterocycles. The van der Waals surface area contributed by atoms with Crippen LogP contribution in [0.25, 0.3) is 0 Å². The molecule has 1 aliphatic carbocycles. The highest BCUT2D eigenvalue weighted by molar-refractivity contribution is 5.90. The normalized spacial score (nSPS) is 23.8. The van der Waals surface area contributed by atoms with Crippen molar-refractivity contribution in [3.05, 3.63) is 23.8 Å². The summed E-state index contributed by atoms with van der Waals surface area (Å²) in [7, 11) is 0. The van der Waals surface area contributed by atoms with Gasteiger partial charge in [0.15, 0.2) is 0 Å². The maximum Gasteiger partial charge on any atom is 0.335 e. The molecule has 0 amide bonds. The van der Waals surface area contributed by atoms with Crippen LogP contribution in [0.1, 0.15) is 0 Å². The molecule has 0 aromatic heterocycles. The van der Waals surface area contributed by atoms with Crippen molar-refractivity contribution in [2.75, 3.05) is 0 Å². The lowest BCUT2D eigenvalue weighted by molar-refractivity contribution is -0.308. The lowest BCUT2D eigenvalue weighted by Gasteiger charge is -2.32. The maximum atomic E-state index is 10.3. The molecule has 0 heterocycles. The maximum absolute atomic E-state index is 10.3. The van der Waals surface area contributed by atoms with E-state index in [0.29, 0.717) is 12.2 Å². The third-order valence-electron chi connectivity index (χ3n) is 1.64. The van der Waals surface area contributed by atoms with Crippen LogP contribution >= 0.6 is 0 Å². The average molecular weight is 188 g/mol. The molecule has 0 fully saturated rings. The van der Waals surface area contributed by atoms with Gasteiger partial charge in [-0.1, -0.05) is 0 Å². The van der Waals surface area contributed by atoms with E-state index in [2.05, 4.69) is 0 Å². The standard InChI is InChI=1S/C7H8O6/c8-5(9)4-1-2-6(10,11)7(12,13)3-4/h1-3,10-13H,(H,8,9). The van der Waals surface area contributed by atoms with Crippen molar-refractivity contribution >= 4 is 5.97 Å². The first-order valence-electron chi connectivity index (χ1n) is 3.31. The monoisotopic (exact) mass is 188 g/mol. The Morgan fingerprint density at radius 1 is 1.15 bits per heavy atom. The van der Waals surface area contributed by atoms with Crippen LogP contribution in [0.15, 0.2) is 23.8 Å². The van der Waals surface area contributed by atoms with E-state index in [0.717, 1.165) is 6.08 Å². The van der Waals surface area contributed by atoms with Crippen molar-refractivity contribution in [3.63, 3.8) is 0 Å². The SMILES string of the molecule is O=C(O)C1=CC(O)(O)C(O)(O)C=C1. The number of carbonyl (C=O) groups is 1. The molecular weight excluding hydrogens is 180 g/mol. The molecule has 0 unspecified atom stereocenters. The molecule has 72 valence electrons. The molecule has 13 heavy (non-hydrogen) atoms. The minimum atomic E-state index is -2.99. The van der Waals surface area contributed by atoms with Gasteiger partial charge >= 0.3 is 5.97 Å².